The highest BCUT2D eigenvalue weighted by atomic mass is 16.5. The highest BCUT2D eigenvalue weighted by Gasteiger charge is 2.32. The molecule has 7 nitrogen and oxygen atoms in total. The number of amides is 2. The van der Waals surface area contributed by atoms with E-state index in [2.05, 4.69) is 41.5 Å². The van der Waals surface area contributed by atoms with E-state index in [-0.39, 0.29) is 23.8 Å². The maximum atomic E-state index is 13.1. The zero-order valence-electron chi connectivity index (χ0n) is 18.0. The first-order valence-electron chi connectivity index (χ1n) is 11.4. The molecule has 1 aliphatic carbocycles. The van der Waals surface area contributed by atoms with Crippen LogP contribution in [0.25, 0.3) is 0 Å². The SMILES string of the molecule is Cc1ccc([C@@H]2Cn3cnc(C(=O)N4CCC(C(=O)NCC5CC5)CC4)c3CO2)cc1. The zero-order valence-corrected chi connectivity index (χ0v) is 18.0. The number of nitrogens with one attached hydrogen (secondary N) is 1. The third kappa shape index (κ3) is 4.37. The van der Waals surface area contributed by atoms with Crippen molar-refractivity contribution < 1.29 is 14.3 Å². The highest BCUT2D eigenvalue weighted by Crippen LogP contribution is 2.30. The van der Waals surface area contributed by atoms with Crippen LogP contribution < -0.4 is 5.32 Å². The van der Waals surface area contributed by atoms with Crippen molar-refractivity contribution in [3.8, 4) is 0 Å². The van der Waals surface area contributed by atoms with Crippen LogP contribution in [0.15, 0.2) is 30.6 Å². The molecule has 0 spiro atoms. The van der Waals surface area contributed by atoms with Crippen LogP contribution >= 0.6 is 0 Å². The number of fused-ring (bicyclic) bond motifs is 1. The van der Waals surface area contributed by atoms with Gasteiger partial charge < -0.3 is 19.5 Å². The Morgan fingerprint density at radius 2 is 1.87 bits per heavy atom. The third-order valence-corrected chi connectivity index (χ3v) is 6.80. The second-order valence-electron chi connectivity index (χ2n) is 9.16. The van der Waals surface area contributed by atoms with Gasteiger partial charge in [0.1, 0.15) is 6.10 Å². The molecular weight excluding hydrogens is 392 g/mol. The largest absolute Gasteiger partial charge is 0.365 e. The third-order valence-electron chi connectivity index (χ3n) is 6.80. The Kier molecular flexibility index (Phi) is 5.52. The Balaban J connectivity index is 1.19. The summed E-state index contributed by atoms with van der Waals surface area (Å²) < 4.78 is 8.12. The standard InChI is InChI=1S/C24H30N4O3/c1-16-2-6-18(7-3-16)21-13-28-15-26-22(20(28)14-31-21)24(30)27-10-8-19(9-11-27)23(29)25-12-17-4-5-17/h2-3,6-7,15,17,19,21H,4-5,8-14H2,1H3,(H,25,29)/t21-/m0/s1. The summed E-state index contributed by atoms with van der Waals surface area (Å²) in [5.74, 6) is 0.791. The van der Waals surface area contributed by atoms with E-state index in [0.717, 1.165) is 17.8 Å². The second kappa shape index (κ2) is 8.46. The predicted molar refractivity (Wildman–Crippen MR) is 115 cm³/mol. The molecule has 2 aliphatic heterocycles. The van der Waals surface area contributed by atoms with Crippen molar-refractivity contribution in [3.05, 3.63) is 53.1 Å². The molecule has 1 atom stereocenters. The predicted octanol–water partition coefficient (Wildman–Crippen LogP) is 2.84. The lowest BCUT2D eigenvalue weighted by Crippen LogP contribution is -2.43. The van der Waals surface area contributed by atoms with Crippen LogP contribution in [0.2, 0.25) is 0 Å². The quantitative estimate of drug-likeness (QED) is 0.804. The van der Waals surface area contributed by atoms with Gasteiger partial charge in [-0.3, -0.25) is 9.59 Å². The Morgan fingerprint density at radius 1 is 1.13 bits per heavy atom. The molecule has 0 bridgehead atoms. The summed E-state index contributed by atoms with van der Waals surface area (Å²) in [5.41, 5.74) is 3.69. The number of rotatable bonds is 5. The Morgan fingerprint density at radius 3 is 2.58 bits per heavy atom. The van der Waals surface area contributed by atoms with Crippen LogP contribution in [0.3, 0.4) is 0 Å². The van der Waals surface area contributed by atoms with Crippen LogP contribution in [0.4, 0.5) is 0 Å². The fourth-order valence-corrected chi connectivity index (χ4v) is 4.49. The number of carbonyl (C=O) groups is 2. The van der Waals surface area contributed by atoms with Gasteiger partial charge in [-0.05, 0) is 44.1 Å². The van der Waals surface area contributed by atoms with Crippen molar-refractivity contribution in [3.63, 3.8) is 0 Å². The molecule has 3 heterocycles. The Bertz CT molecular complexity index is 956. The smallest absolute Gasteiger partial charge is 0.274 e. The second-order valence-corrected chi connectivity index (χ2v) is 9.16. The summed E-state index contributed by atoms with van der Waals surface area (Å²) >= 11 is 0. The maximum Gasteiger partial charge on any atom is 0.274 e. The number of likely N-dealkylation sites (tertiary alicyclic amines) is 1. The first kappa shape index (κ1) is 20.2. The average Bonchev–Trinajstić information content (AvgIpc) is 3.54. The van der Waals surface area contributed by atoms with E-state index in [9.17, 15) is 9.59 Å². The molecule has 31 heavy (non-hydrogen) atoms. The number of nitrogens with zero attached hydrogens (tertiary/aromatic N) is 3. The van der Waals surface area contributed by atoms with Crippen LogP contribution in [0, 0.1) is 18.8 Å². The summed E-state index contributed by atoms with van der Waals surface area (Å²) in [6, 6.07) is 8.37. The van der Waals surface area contributed by atoms with Crippen molar-refractivity contribution in [1.29, 1.82) is 0 Å². The van der Waals surface area contributed by atoms with Crippen LogP contribution in [-0.4, -0.2) is 45.9 Å². The molecule has 1 aromatic heterocycles. The lowest BCUT2D eigenvalue weighted by Gasteiger charge is -2.31. The van der Waals surface area contributed by atoms with E-state index in [4.69, 9.17) is 4.74 Å². The highest BCUT2D eigenvalue weighted by molar-refractivity contribution is 5.93. The molecule has 1 aromatic carbocycles. The van der Waals surface area contributed by atoms with E-state index in [1.807, 2.05) is 9.47 Å². The van der Waals surface area contributed by atoms with Gasteiger partial charge in [0, 0.05) is 25.6 Å². The first-order chi connectivity index (χ1) is 15.1. The molecule has 2 amide bonds. The number of benzene rings is 1. The van der Waals surface area contributed by atoms with E-state index in [1.165, 1.54) is 18.4 Å². The average molecular weight is 423 g/mol. The minimum atomic E-state index is -0.0528. The van der Waals surface area contributed by atoms with Gasteiger partial charge in [0.2, 0.25) is 5.91 Å². The van der Waals surface area contributed by atoms with Gasteiger partial charge in [0.25, 0.3) is 5.91 Å². The number of carbonyl (C=O) groups excluding carboxylic acids is 2. The summed E-state index contributed by atoms with van der Waals surface area (Å²) in [5, 5.41) is 3.07. The van der Waals surface area contributed by atoms with Gasteiger partial charge in [-0.25, -0.2) is 4.98 Å². The lowest BCUT2D eigenvalue weighted by atomic mass is 9.95. The number of piperidine rings is 1. The normalized spacial score (nSPS) is 21.6. The van der Waals surface area contributed by atoms with Gasteiger partial charge in [0.05, 0.1) is 25.2 Å². The Labute approximate surface area is 182 Å². The van der Waals surface area contributed by atoms with E-state index in [1.54, 1.807) is 6.33 Å². The van der Waals surface area contributed by atoms with Gasteiger partial charge in [0.15, 0.2) is 5.69 Å². The first-order valence-corrected chi connectivity index (χ1v) is 11.4. The topological polar surface area (TPSA) is 76.5 Å². The van der Waals surface area contributed by atoms with Crippen molar-refractivity contribution in [2.75, 3.05) is 19.6 Å². The molecule has 5 rings (SSSR count). The summed E-state index contributed by atoms with van der Waals surface area (Å²) in [7, 11) is 0. The zero-order chi connectivity index (χ0) is 21.4. The number of ether oxygens (including phenoxy) is 1. The number of hydrogen-bond acceptors (Lipinski definition) is 4. The van der Waals surface area contributed by atoms with Crippen molar-refractivity contribution in [2.24, 2.45) is 11.8 Å². The molecule has 1 N–H and O–H groups in total. The minimum absolute atomic E-state index is 0.0114. The molecule has 0 radical (unpaired) electrons. The summed E-state index contributed by atoms with van der Waals surface area (Å²) in [4.78, 5) is 31.7. The van der Waals surface area contributed by atoms with Gasteiger partial charge in [-0.1, -0.05) is 29.8 Å². The minimum Gasteiger partial charge on any atom is -0.365 e. The summed E-state index contributed by atoms with van der Waals surface area (Å²) in [6.45, 7) is 5.10. The van der Waals surface area contributed by atoms with E-state index >= 15 is 0 Å². The van der Waals surface area contributed by atoms with Crippen LogP contribution in [0.1, 0.15) is 59.1 Å². The molecule has 1 saturated heterocycles. The molecule has 164 valence electrons. The molecule has 2 aromatic rings. The van der Waals surface area contributed by atoms with Crippen molar-refractivity contribution >= 4 is 11.8 Å². The van der Waals surface area contributed by atoms with E-state index in [0.29, 0.717) is 50.7 Å². The lowest BCUT2D eigenvalue weighted by molar-refractivity contribution is -0.126. The molecule has 1 saturated carbocycles. The van der Waals surface area contributed by atoms with Crippen LogP contribution in [0.5, 0.6) is 0 Å². The van der Waals surface area contributed by atoms with Crippen LogP contribution in [-0.2, 0) is 22.7 Å². The molecule has 3 aliphatic rings. The fraction of sp³-hybridized carbons (Fsp3) is 0.542. The van der Waals surface area contributed by atoms with Gasteiger partial charge in [-0.2, -0.15) is 0 Å². The molecular formula is C24H30N4O3. The van der Waals surface area contributed by atoms with Gasteiger partial charge in [-0.15, -0.1) is 0 Å². The van der Waals surface area contributed by atoms with Crippen molar-refractivity contribution in [1.82, 2.24) is 19.8 Å². The van der Waals surface area contributed by atoms with Crippen molar-refractivity contribution in [2.45, 2.75) is 51.9 Å². The van der Waals surface area contributed by atoms with Gasteiger partial charge >= 0.3 is 0 Å². The maximum absolute atomic E-state index is 13.1. The molecule has 2 fully saturated rings. The fourth-order valence-electron chi connectivity index (χ4n) is 4.49. The number of hydrogen-bond donors (Lipinski definition) is 1. The molecule has 7 heteroatoms. The number of aromatic nitrogens is 2. The monoisotopic (exact) mass is 422 g/mol. The number of imidazole rings is 1. The number of aryl methyl sites for hydroxylation is 1. The van der Waals surface area contributed by atoms with E-state index < -0.39 is 0 Å². The summed E-state index contributed by atoms with van der Waals surface area (Å²) in [6.07, 6.45) is 5.61. The molecule has 0 unspecified atom stereocenters. The Hall–Kier alpha value is -2.67.